The highest BCUT2D eigenvalue weighted by atomic mass is 32.2. The van der Waals surface area contributed by atoms with E-state index in [4.69, 9.17) is 4.74 Å². The number of nitrogens with zero attached hydrogens (tertiary/aromatic N) is 2. The van der Waals surface area contributed by atoms with Crippen molar-refractivity contribution in [3.05, 3.63) is 11.9 Å². The third-order valence-electron chi connectivity index (χ3n) is 3.32. The number of aromatic nitrogens is 2. The van der Waals surface area contributed by atoms with Crippen LogP contribution in [0.4, 0.5) is 0 Å². The zero-order valence-corrected chi connectivity index (χ0v) is 12.4. The summed E-state index contributed by atoms with van der Waals surface area (Å²) in [7, 11) is -1.56. The Labute approximate surface area is 118 Å². The molecule has 1 aromatic rings. The van der Waals surface area contributed by atoms with Crippen LogP contribution in [0.2, 0.25) is 0 Å². The van der Waals surface area contributed by atoms with Gasteiger partial charge in [-0.15, -0.1) is 0 Å². The average molecular weight is 301 g/mol. The number of aryl methyl sites for hydroxylation is 1. The molecule has 7 nitrogen and oxygen atoms in total. The molecule has 1 aliphatic rings. The molecule has 1 N–H and O–H groups in total. The number of hydrogen-bond donors (Lipinski definition) is 1. The molecule has 0 amide bonds. The number of hydrogen-bond acceptors (Lipinski definition) is 6. The molecular formula is C12H19N3O4S. The molecule has 1 fully saturated rings. The van der Waals surface area contributed by atoms with Crippen LogP contribution in [-0.2, 0) is 16.4 Å². The summed E-state index contributed by atoms with van der Waals surface area (Å²) in [5.41, 5.74) is 0.403. The average Bonchev–Trinajstić information content (AvgIpc) is 2.80. The zero-order chi connectivity index (χ0) is 14.8. The number of ether oxygens (including phenoxy) is 1. The van der Waals surface area contributed by atoms with Crippen molar-refractivity contribution in [1.82, 2.24) is 15.1 Å². The fourth-order valence-electron chi connectivity index (χ4n) is 2.36. The predicted molar refractivity (Wildman–Crippen MR) is 73.8 cm³/mol. The zero-order valence-electron chi connectivity index (χ0n) is 11.6. The van der Waals surface area contributed by atoms with E-state index < -0.39 is 9.84 Å². The van der Waals surface area contributed by atoms with Crippen LogP contribution in [0.3, 0.4) is 0 Å². The number of sulfone groups is 1. The summed E-state index contributed by atoms with van der Waals surface area (Å²) in [4.78, 5) is 12.4. The molecule has 0 bridgehead atoms. The van der Waals surface area contributed by atoms with Gasteiger partial charge < -0.3 is 10.1 Å². The second kappa shape index (κ2) is 5.92. The first kappa shape index (κ1) is 15.0. The van der Waals surface area contributed by atoms with E-state index in [0.717, 1.165) is 0 Å². The van der Waals surface area contributed by atoms with E-state index >= 15 is 0 Å². The van der Waals surface area contributed by atoms with Crippen molar-refractivity contribution in [1.29, 1.82) is 0 Å². The van der Waals surface area contributed by atoms with Crippen molar-refractivity contribution in [2.45, 2.75) is 25.9 Å². The van der Waals surface area contributed by atoms with Gasteiger partial charge in [0.2, 0.25) is 0 Å². The molecular weight excluding hydrogens is 282 g/mol. The molecule has 2 rings (SSSR count). The summed E-state index contributed by atoms with van der Waals surface area (Å²) in [6.07, 6.45) is 1.63. The molecule has 1 aromatic heterocycles. The lowest BCUT2D eigenvalue weighted by molar-refractivity contribution is 0.0958. The predicted octanol–water partition coefficient (Wildman–Crippen LogP) is -0.129. The van der Waals surface area contributed by atoms with Crippen LogP contribution in [0, 0.1) is 0 Å². The lowest BCUT2D eigenvalue weighted by atomic mass is 10.1. The number of methoxy groups -OCH3 is 1. The molecule has 2 heterocycles. The smallest absolute Gasteiger partial charge is 0.186 e. The van der Waals surface area contributed by atoms with E-state index in [1.165, 1.54) is 13.3 Å². The maximum atomic E-state index is 12.4. The summed E-state index contributed by atoms with van der Waals surface area (Å²) in [6, 6.07) is -0.342. The maximum absolute atomic E-state index is 12.4. The van der Waals surface area contributed by atoms with E-state index in [1.807, 2.05) is 6.92 Å². The minimum atomic E-state index is -3.05. The highest BCUT2D eigenvalue weighted by Crippen LogP contribution is 2.20. The lowest BCUT2D eigenvalue weighted by Gasteiger charge is -2.23. The fourth-order valence-corrected chi connectivity index (χ4v) is 3.80. The van der Waals surface area contributed by atoms with Gasteiger partial charge >= 0.3 is 0 Å². The number of ketones is 1. The Kier molecular flexibility index (Phi) is 4.44. The van der Waals surface area contributed by atoms with E-state index in [2.05, 4.69) is 10.4 Å². The standard InChI is InChI=1S/C12H19N3O4S/c1-3-15-12(11(19-2)7-14-15)10(16)6-9-8-20(17,18)5-4-13-9/h7,9,13H,3-6,8H2,1-2H3. The van der Waals surface area contributed by atoms with E-state index in [1.54, 1.807) is 4.68 Å². The first-order chi connectivity index (χ1) is 9.46. The van der Waals surface area contributed by atoms with Crippen molar-refractivity contribution < 1.29 is 17.9 Å². The minimum absolute atomic E-state index is 0.00131. The van der Waals surface area contributed by atoms with Crippen molar-refractivity contribution in [3.8, 4) is 5.75 Å². The van der Waals surface area contributed by atoms with Crippen LogP contribution >= 0.6 is 0 Å². The van der Waals surface area contributed by atoms with Gasteiger partial charge in [0.05, 0.1) is 24.8 Å². The molecule has 1 atom stereocenters. The van der Waals surface area contributed by atoms with Gasteiger partial charge in [0.1, 0.15) is 5.69 Å². The summed E-state index contributed by atoms with van der Waals surface area (Å²) in [5.74, 6) is 0.404. The van der Waals surface area contributed by atoms with Crippen LogP contribution in [0.1, 0.15) is 23.8 Å². The fraction of sp³-hybridized carbons (Fsp3) is 0.667. The van der Waals surface area contributed by atoms with Crippen molar-refractivity contribution in [3.63, 3.8) is 0 Å². The Hall–Kier alpha value is -1.41. The highest BCUT2D eigenvalue weighted by Gasteiger charge is 2.28. The quantitative estimate of drug-likeness (QED) is 0.762. The number of carbonyl (C=O) groups excluding carboxylic acids is 1. The summed E-state index contributed by atoms with van der Waals surface area (Å²) in [5, 5.41) is 7.15. The molecule has 1 unspecified atom stereocenters. The molecule has 1 aliphatic heterocycles. The molecule has 0 saturated carbocycles. The topological polar surface area (TPSA) is 90.3 Å². The van der Waals surface area contributed by atoms with Crippen LogP contribution in [0.5, 0.6) is 5.75 Å². The Balaban J connectivity index is 2.14. The number of carbonyl (C=O) groups is 1. The largest absolute Gasteiger partial charge is 0.493 e. The Morgan fingerprint density at radius 1 is 1.60 bits per heavy atom. The van der Waals surface area contributed by atoms with Crippen LogP contribution < -0.4 is 10.1 Å². The van der Waals surface area contributed by atoms with Gasteiger partial charge in [-0.05, 0) is 6.92 Å². The minimum Gasteiger partial charge on any atom is -0.493 e. The molecule has 1 saturated heterocycles. The van der Waals surface area contributed by atoms with E-state index in [-0.39, 0.29) is 29.8 Å². The summed E-state index contributed by atoms with van der Waals surface area (Å²) >= 11 is 0. The van der Waals surface area contributed by atoms with Crippen LogP contribution in [-0.4, -0.2) is 55.2 Å². The summed E-state index contributed by atoms with van der Waals surface area (Å²) < 4.78 is 29.9. The highest BCUT2D eigenvalue weighted by molar-refractivity contribution is 7.91. The number of Topliss-reactive ketones (excluding diaryl/α,β-unsaturated/α-hetero) is 1. The number of nitrogens with one attached hydrogen (secondary N) is 1. The lowest BCUT2D eigenvalue weighted by Crippen LogP contribution is -2.46. The van der Waals surface area contributed by atoms with Gasteiger partial charge in [0.25, 0.3) is 0 Å². The van der Waals surface area contributed by atoms with Crippen molar-refractivity contribution in [2.24, 2.45) is 0 Å². The molecule has 20 heavy (non-hydrogen) atoms. The van der Waals surface area contributed by atoms with E-state index in [0.29, 0.717) is 24.5 Å². The van der Waals surface area contributed by atoms with Gasteiger partial charge in [-0.25, -0.2) is 8.42 Å². The van der Waals surface area contributed by atoms with Gasteiger partial charge in [-0.2, -0.15) is 5.10 Å². The van der Waals surface area contributed by atoms with Crippen LogP contribution in [0.15, 0.2) is 6.20 Å². The van der Waals surface area contributed by atoms with Gasteiger partial charge in [-0.3, -0.25) is 9.48 Å². The first-order valence-corrected chi connectivity index (χ1v) is 8.35. The number of rotatable bonds is 5. The molecule has 0 aliphatic carbocycles. The molecule has 0 aromatic carbocycles. The molecule has 0 radical (unpaired) electrons. The monoisotopic (exact) mass is 301 g/mol. The van der Waals surface area contributed by atoms with Gasteiger partial charge in [0, 0.05) is 25.6 Å². The SMILES string of the molecule is CCn1ncc(OC)c1C(=O)CC1CS(=O)(=O)CCN1. The van der Waals surface area contributed by atoms with E-state index in [9.17, 15) is 13.2 Å². The normalized spacial score (nSPS) is 21.6. The third-order valence-corrected chi connectivity index (χ3v) is 5.06. The first-order valence-electron chi connectivity index (χ1n) is 6.53. The Morgan fingerprint density at radius 2 is 2.35 bits per heavy atom. The van der Waals surface area contributed by atoms with Gasteiger partial charge in [0.15, 0.2) is 21.4 Å². The maximum Gasteiger partial charge on any atom is 0.186 e. The molecule has 8 heteroatoms. The van der Waals surface area contributed by atoms with Crippen molar-refractivity contribution >= 4 is 15.6 Å². The Morgan fingerprint density at radius 3 is 2.95 bits per heavy atom. The second-order valence-electron chi connectivity index (χ2n) is 4.77. The van der Waals surface area contributed by atoms with Gasteiger partial charge in [-0.1, -0.05) is 0 Å². The second-order valence-corrected chi connectivity index (χ2v) is 7.00. The molecule has 0 spiro atoms. The van der Waals surface area contributed by atoms with Crippen molar-refractivity contribution in [2.75, 3.05) is 25.2 Å². The molecule has 112 valence electrons. The Bertz CT molecular complexity index is 572. The van der Waals surface area contributed by atoms with Crippen LogP contribution in [0.25, 0.3) is 0 Å². The third kappa shape index (κ3) is 3.18. The summed E-state index contributed by atoms with van der Waals surface area (Å²) in [6.45, 7) is 2.83.